The third-order valence-corrected chi connectivity index (χ3v) is 10.4. The highest BCUT2D eigenvalue weighted by Gasteiger charge is 2.40. The zero-order valence-corrected chi connectivity index (χ0v) is 32.2. The third-order valence-electron chi connectivity index (χ3n) is 9.83. The number of hydrogen-bond donors (Lipinski definition) is 0. The van der Waals surface area contributed by atoms with E-state index < -0.39 is 57.6 Å². The second-order valence-electron chi connectivity index (χ2n) is 13.2. The van der Waals surface area contributed by atoms with Crippen molar-refractivity contribution in [3.63, 3.8) is 0 Å². The van der Waals surface area contributed by atoms with Crippen molar-refractivity contribution in [3.8, 4) is 28.6 Å². The summed E-state index contributed by atoms with van der Waals surface area (Å²) in [5, 5.41) is 0.0856. The van der Waals surface area contributed by atoms with Crippen molar-refractivity contribution in [2.24, 2.45) is 0 Å². The summed E-state index contributed by atoms with van der Waals surface area (Å²) in [5.41, 5.74) is -2.35. The van der Waals surface area contributed by atoms with Crippen LogP contribution in [0.3, 0.4) is 0 Å². The number of thioether (sulfide) groups is 1. The Morgan fingerprint density at radius 3 is 2.11 bits per heavy atom. The molecule has 6 aromatic rings. The Kier molecular flexibility index (Phi) is 11.1. The van der Waals surface area contributed by atoms with Crippen molar-refractivity contribution in [3.05, 3.63) is 118 Å². The van der Waals surface area contributed by atoms with Gasteiger partial charge < -0.3 is 24.0 Å². The lowest BCUT2D eigenvalue weighted by Crippen LogP contribution is -2.33. The van der Waals surface area contributed by atoms with E-state index in [1.54, 1.807) is 26.7 Å². The predicted molar refractivity (Wildman–Crippen MR) is 206 cm³/mol. The number of anilines is 2. The van der Waals surface area contributed by atoms with Crippen LogP contribution in [0.4, 0.5) is 38.0 Å². The van der Waals surface area contributed by atoms with E-state index in [1.807, 2.05) is 72.5 Å². The van der Waals surface area contributed by atoms with E-state index >= 15 is 8.78 Å². The molecule has 7 rings (SSSR count). The molecule has 3 aromatic heterocycles. The van der Waals surface area contributed by atoms with Gasteiger partial charge in [0.15, 0.2) is 11.0 Å². The number of aromatic nitrogens is 4. The summed E-state index contributed by atoms with van der Waals surface area (Å²) in [5.74, 6) is -2.36. The van der Waals surface area contributed by atoms with Crippen LogP contribution in [0.25, 0.3) is 22.2 Å². The van der Waals surface area contributed by atoms with E-state index in [2.05, 4.69) is 14.9 Å². The molecule has 0 radical (unpaired) electrons. The highest BCUT2D eigenvalue weighted by molar-refractivity contribution is 7.98. The highest BCUT2D eigenvalue weighted by Crippen LogP contribution is 2.46. The molecular formula is C41H36F6N6O3S. The van der Waals surface area contributed by atoms with Gasteiger partial charge in [-0.1, -0.05) is 42.1 Å². The Morgan fingerprint density at radius 2 is 1.53 bits per heavy atom. The predicted octanol–water partition coefficient (Wildman–Crippen LogP) is 9.74. The first-order valence-corrected chi connectivity index (χ1v) is 18.9. The van der Waals surface area contributed by atoms with E-state index in [9.17, 15) is 17.6 Å². The molecule has 0 saturated carbocycles. The van der Waals surface area contributed by atoms with E-state index in [-0.39, 0.29) is 41.5 Å². The van der Waals surface area contributed by atoms with Gasteiger partial charge in [0.1, 0.15) is 58.0 Å². The Balaban J connectivity index is 1.36. The van der Waals surface area contributed by atoms with Gasteiger partial charge in [0.05, 0.1) is 37.9 Å². The summed E-state index contributed by atoms with van der Waals surface area (Å²) >= 11 is 1.08. The fourth-order valence-corrected chi connectivity index (χ4v) is 7.21. The van der Waals surface area contributed by atoms with Crippen LogP contribution < -0.4 is 24.0 Å². The van der Waals surface area contributed by atoms with Crippen molar-refractivity contribution in [1.82, 2.24) is 19.9 Å². The lowest BCUT2D eigenvalue weighted by atomic mass is 9.98. The standard InChI is InChI=1S/C41H36F6N6O3S/c1-22-30(42)19-29(41(45,46)47)31(33(22)43)35-34(44)36-32-38(51-40(50-36)57-5)53(17-18-56-39(32)49-35)23(2)28-7-6-16-48-37(28)52(20-24-8-12-26(54-3)13-9-24)21-25-10-14-27(55-4)15-11-25/h6-16,19,23H,17-18,20-21H2,1-5H3/t23-/m1/s1. The molecular weight excluding hydrogens is 771 g/mol. The summed E-state index contributed by atoms with van der Waals surface area (Å²) < 4.78 is 106. The summed E-state index contributed by atoms with van der Waals surface area (Å²) in [4.78, 5) is 22.1. The molecule has 57 heavy (non-hydrogen) atoms. The van der Waals surface area contributed by atoms with Gasteiger partial charge in [0.2, 0.25) is 5.88 Å². The number of nitrogens with zero attached hydrogens (tertiary/aromatic N) is 6. The largest absolute Gasteiger partial charge is 0.497 e. The Morgan fingerprint density at radius 1 is 0.895 bits per heavy atom. The van der Waals surface area contributed by atoms with Crippen LogP contribution in [-0.2, 0) is 19.3 Å². The van der Waals surface area contributed by atoms with E-state index in [0.717, 1.165) is 35.4 Å². The summed E-state index contributed by atoms with van der Waals surface area (Å²) in [6, 6.07) is 18.8. The van der Waals surface area contributed by atoms with Crippen molar-refractivity contribution >= 4 is 34.3 Å². The second-order valence-corrected chi connectivity index (χ2v) is 14.0. The zero-order valence-electron chi connectivity index (χ0n) is 31.4. The molecule has 0 spiro atoms. The quantitative estimate of drug-likeness (QED) is 0.0717. The molecule has 3 aromatic carbocycles. The van der Waals surface area contributed by atoms with Gasteiger partial charge in [-0.05, 0) is 67.6 Å². The Labute approximate surface area is 328 Å². The third kappa shape index (κ3) is 7.69. The zero-order chi connectivity index (χ0) is 40.6. The minimum absolute atomic E-state index is 0.00929. The van der Waals surface area contributed by atoms with Crippen LogP contribution in [0.1, 0.15) is 40.8 Å². The van der Waals surface area contributed by atoms with Gasteiger partial charge in [-0.2, -0.15) is 13.2 Å². The molecule has 1 atom stereocenters. The molecule has 0 aliphatic carbocycles. The molecule has 0 amide bonds. The molecule has 1 aliphatic heterocycles. The smallest absolute Gasteiger partial charge is 0.417 e. The van der Waals surface area contributed by atoms with Crippen LogP contribution in [0.15, 0.2) is 78.1 Å². The van der Waals surface area contributed by atoms with Gasteiger partial charge in [-0.25, -0.2) is 33.1 Å². The Bertz CT molecular complexity index is 2390. The lowest BCUT2D eigenvalue weighted by Gasteiger charge is -2.33. The van der Waals surface area contributed by atoms with E-state index in [4.69, 9.17) is 24.2 Å². The molecule has 0 fully saturated rings. The molecule has 0 saturated heterocycles. The second kappa shape index (κ2) is 16.0. The molecule has 0 bridgehead atoms. The van der Waals surface area contributed by atoms with E-state index in [0.29, 0.717) is 30.4 Å². The van der Waals surface area contributed by atoms with Gasteiger partial charge in [0, 0.05) is 30.4 Å². The van der Waals surface area contributed by atoms with Crippen LogP contribution in [-0.4, -0.2) is 53.6 Å². The lowest BCUT2D eigenvalue weighted by molar-refractivity contribution is -0.137. The van der Waals surface area contributed by atoms with Crippen LogP contribution in [0, 0.1) is 24.4 Å². The molecule has 9 nitrogen and oxygen atoms in total. The van der Waals surface area contributed by atoms with E-state index in [1.165, 1.54) is 0 Å². The first-order valence-electron chi connectivity index (χ1n) is 17.7. The van der Waals surface area contributed by atoms with Crippen LogP contribution in [0.5, 0.6) is 17.4 Å². The first kappa shape index (κ1) is 39.5. The fraction of sp³-hybridized carbons (Fsp3) is 0.268. The maximum Gasteiger partial charge on any atom is 0.417 e. The average Bonchev–Trinajstić information content (AvgIpc) is 3.40. The first-order chi connectivity index (χ1) is 27.3. The molecule has 1 aliphatic rings. The normalized spacial score (nSPS) is 13.3. The molecule has 296 valence electrons. The van der Waals surface area contributed by atoms with Crippen molar-refractivity contribution < 1.29 is 40.6 Å². The van der Waals surface area contributed by atoms with Crippen molar-refractivity contribution in [2.45, 2.75) is 44.3 Å². The number of methoxy groups -OCH3 is 2. The van der Waals surface area contributed by atoms with Gasteiger partial charge in [-0.15, -0.1) is 0 Å². The van der Waals surface area contributed by atoms with Gasteiger partial charge in [0.25, 0.3) is 0 Å². The van der Waals surface area contributed by atoms with Crippen molar-refractivity contribution in [2.75, 3.05) is 43.4 Å². The van der Waals surface area contributed by atoms with Crippen LogP contribution in [0.2, 0.25) is 0 Å². The number of rotatable bonds is 11. The van der Waals surface area contributed by atoms with Crippen molar-refractivity contribution in [1.29, 1.82) is 0 Å². The topological polar surface area (TPSA) is 85.7 Å². The number of alkyl halides is 3. The maximum atomic E-state index is 16.7. The minimum atomic E-state index is -5.24. The number of pyridine rings is 2. The minimum Gasteiger partial charge on any atom is -0.497 e. The van der Waals surface area contributed by atoms with Gasteiger partial charge >= 0.3 is 6.18 Å². The summed E-state index contributed by atoms with van der Waals surface area (Å²) in [6.07, 6.45) is -1.88. The number of ether oxygens (including phenoxy) is 3. The maximum absolute atomic E-state index is 16.7. The monoisotopic (exact) mass is 806 g/mol. The molecule has 0 unspecified atom stereocenters. The molecule has 4 heterocycles. The van der Waals surface area contributed by atoms with Crippen LogP contribution >= 0.6 is 11.8 Å². The van der Waals surface area contributed by atoms with Gasteiger partial charge in [-0.3, -0.25) is 0 Å². The number of benzene rings is 3. The summed E-state index contributed by atoms with van der Waals surface area (Å²) in [6.45, 7) is 3.94. The average molecular weight is 807 g/mol. The molecule has 16 heteroatoms. The SMILES string of the molecule is COc1ccc(CN(Cc2ccc(OC)cc2)c2ncccc2[C@@H](C)N2CCOc3nc(-c4c(C(F)(F)F)cc(F)c(C)c4F)c(F)c4nc(SC)nc2c34)cc1. The number of hydrogen-bond acceptors (Lipinski definition) is 10. The molecule has 0 N–H and O–H groups in total. The Hall–Kier alpha value is -5.77. The number of halogens is 6. The highest BCUT2D eigenvalue weighted by atomic mass is 32.2. The fourth-order valence-electron chi connectivity index (χ4n) is 6.84. The summed E-state index contributed by atoms with van der Waals surface area (Å²) in [7, 11) is 3.21.